The summed E-state index contributed by atoms with van der Waals surface area (Å²) in [5.41, 5.74) is 0. The lowest BCUT2D eigenvalue weighted by Gasteiger charge is -1.85. The van der Waals surface area contributed by atoms with Crippen LogP contribution in [0.5, 0.6) is 0 Å². The molecule has 0 rings (SSSR count). The Kier molecular flexibility index (Phi) is 7.57. The highest BCUT2D eigenvalue weighted by Crippen LogP contribution is 2.36. The summed E-state index contributed by atoms with van der Waals surface area (Å²) >= 11 is 5.29. The Hall–Kier alpha value is 1.26. The lowest BCUT2D eigenvalue weighted by atomic mass is 10.6. The van der Waals surface area contributed by atoms with Crippen LogP contribution in [0.3, 0.4) is 0 Å². The van der Waals surface area contributed by atoms with Crippen LogP contribution in [0.25, 0.3) is 0 Å². The van der Waals surface area contributed by atoms with Gasteiger partial charge in [0.2, 0.25) is 0 Å². The molecule has 0 spiro atoms. The fraction of sp³-hybridized carbons (Fsp3) is 1.00. The van der Waals surface area contributed by atoms with E-state index in [9.17, 15) is 0 Å². The molecule has 0 radical (unpaired) electrons. The minimum Gasteiger partial charge on any atom is -0.126 e. The van der Waals surface area contributed by atoms with Crippen LogP contribution in [0.15, 0.2) is 0 Å². The third-order valence-corrected chi connectivity index (χ3v) is 4.08. The summed E-state index contributed by atoms with van der Waals surface area (Å²) in [5, 5.41) is 0. The maximum Gasteiger partial charge on any atom is 0.00906 e. The maximum absolute atomic E-state index is 3.34. The highest BCUT2D eigenvalue weighted by atomic mass is 79.9. The first-order valence-electron chi connectivity index (χ1n) is 1.89. The van der Waals surface area contributed by atoms with Crippen molar-refractivity contribution in [3.63, 3.8) is 0 Å². The summed E-state index contributed by atoms with van der Waals surface area (Å²) in [4.78, 5) is 0. The molecule has 38 valence electrons. The highest BCUT2D eigenvalue weighted by Gasteiger charge is 1.76. The van der Waals surface area contributed by atoms with Crippen molar-refractivity contribution < 1.29 is 0 Å². The average Bonchev–Trinajstić information content (AvgIpc) is 1.61. The van der Waals surface area contributed by atoms with E-state index in [0.717, 1.165) is 6.48 Å². The maximum atomic E-state index is 3.34. The summed E-state index contributed by atoms with van der Waals surface area (Å²) in [6.07, 6.45) is 1.29. The van der Waals surface area contributed by atoms with Gasteiger partial charge in [-0.1, -0.05) is 22.4 Å². The average molecular weight is 187 g/mol. The van der Waals surface area contributed by atoms with E-state index in [4.69, 9.17) is 0 Å². The Labute approximate surface area is 52.7 Å². The van der Waals surface area contributed by atoms with Gasteiger partial charge in [0.05, 0.1) is 0 Å². The molecule has 6 heavy (non-hydrogen) atoms. The van der Waals surface area contributed by atoms with E-state index in [1.165, 1.54) is 12.2 Å². The molecule has 0 nitrogen and oxygen atoms in total. The summed E-state index contributed by atoms with van der Waals surface area (Å²) in [5.74, 6) is 1.30. The number of halogens is 1. The molecule has 1 atom stereocenters. The summed E-state index contributed by atoms with van der Waals surface area (Å²) in [7, 11) is 0. The van der Waals surface area contributed by atoms with Gasteiger partial charge < -0.3 is 0 Å². The Bertz CT molecular complexity index is 22.8. The minimum atomic E-state index is 0.894. The van der Waals surface area contributed by atoms with Crippen molar-refractivity contribution in [2.24, 2.45) is 0 Å². The smallest absolute Gasteiger partial charge is 0.00906 e. The van der Waals surface area contributed by atoms with Crippen LogP contribution in [0.1, 0.15) is 13.3 Å². The predicted molar refractivity (Wildman–Crippen MR) is 40.0 cm³/mol. The van der Waals surface area contributed by atoms with E-state index in [-0.39, 0.29) is 0 Å². The molecular weight excluding hydrogens is 179 g/mol. The summed E-state index contributed by atoms with van der Waals surface area (Å²) in [6, 6.07) is 0. The Morgan fingerprint density at radius 1 is 1.83 bits per heavy atom. The van der Waals surface area contributed by atoms with Crippen LogP contribution >= 0.6 is 33.4 Å². The second-order valence-electron chi connectivity index (χ2n) is 0.926. The van der Waals surface area contributed by atoms with Crippen molar-refractivity contribution in [2.75, 3.05) is 5.75 Å². The first-order chi connectivity index (χ1) is 2.91. The van der Waals surface area contributed by atoms with Crippen LogP contribution in [-0.4, -0.2) is 5.75 Å². The van der Waals surface area contributed by atoms with Crippen LogP contribution in [0.2, 0.25) is 0 Å². The number of hydrogen-bond acceptors (Lipinski definition) is 1. The second kappa shape index (κ2) is 6.26. The molecule has 1 unspecified atom stereocenters. The quantitative estimate of drug-likeness (QED) is 0.483. The molecule has 0 saturated heterocycles. The van der Waals surface area contributed by atoms with Crippen molar-refractivity contribution >= 4 is 33.4 Å². The molecule has 0 aliphatic rings. The lowest BCUT2D eigenvalue weighted by Crippen LogP contribution is -1.61. The molecule has 0 aliphatic carbocycles. The molecule has 0 aromatic rings. The SMILES string of the molecule is CCCSPBr. The van der Waals surface area contributed by atoms with Gasteiger partial charge in [-0.2, -0.15) is 0 Å². The van der Waals surface area contributed by atoms with Crippen molar-refractivity contribution in [2.45, 2.75) is 13.3 Å². The zero-order valence-electron chi connectivity index (χ0n) is 3.70. The van der Waals surface area contributed by atoms with Crippen molar-refractivity contribution in [1.82, 2.24) is 0 Å². The van der Waals surface area contributed by atoms with Crippen LogP contribution in [-0.2, 0) is 0 Å². The van der Waals surface area contributed by atoms with Gasteiger partial charge in [-0.3, -0.25) is 0 Å². The van der Waals surface area contributed by atoms with Gasteiger partial charge in [-0.25, -0.2) is 0 Å². The summed E-state index contributed by atoms with van der Waals surface area (Å²) in [6.45, 7) is 3.09. The molecule has 0 amide bonds. The van der Waals surface area contributed by atoms with Crippen LogP contribution in [0.4, 0.5) is 0 Å². The second-order valence-corrected chi connectivity index (χ2v) is 6.02. The molecule has 0 aromatic heterocycles. The zero-order valence-corrected chi connectivity index (χ0v) is 7.10. The van der Waals surface area contributed by atoms with E-state index >= 15 is 0 Å². The van der Waals surface area contributed by atoms with Gasteiger partial charge in [0.15, 0.2) is 0 Å². The van der Waals surface area contributed by atoms with E-state index in [1.54, 1.807) is 0 Å². The molecule has 3 heteroatoms. The van der Waals surface area contributed by atoms with E-state index < -0.39 is 0 Å². The topological polar surface area (TPSA) is 0 Å². The van der Waals surface area contributed by atoms with Crippen LogP contribution < -0.4 is 0 Å². The third-order valence-electron chi connectivity index (χ3n) is 0.361. The molecule has 0 N–H and O–H groups in total. The molecule has 0 saturated carbocycles. The third kappa shape index (κ3) is 5.26. The Morgan fingerprint density at radius 2 is 2.50 bits per heavy atom. The van der Waals surface area contributed by atoms with Gasteiger partial charge in [0.1, 0.15) is 0 Å². The highest BCUT2D eigenvalue weighted by molar-refractivity contribution is 9.44. The molecule has 0 fully saturated rings. The zero-order chi connectivity index (χ0) is 4.83. The first-order valence-corrected chi connectivity index (χ1v) is 6.86. The Balaban J connectivity index is 2.34. The van der Waals surface area contributed by atoms with Crippen molar-refractivity contribution in [3.8, 4) is 0 Å². The van der Waals surface area contributed by atoms with E-state index in [1.807, 2.05) is 11.4 Å². The molecule has 0 heterocycles. The van der Waals surface area contributed by atoms with Gasteiger partial charge in [0, 0.05) is 6.48 Å². The first kappa shape index (κ1) is 7.26. The van der Waals surface area contributed by atoms with Crippen LogP contribution in [0, 0.1) is 0 Å². The summed E-state index contributed by atoms with van der Waals surface area (Å²) < 4.78 is 0. The molecule has 0 aliphatic heterocycles. The molecular formula is C3H8BrPS. The fourth-order valence-corrected chi connectivity index (χ4v) is 2.72. The van der Waals surface area contributed by atoms with Gasteiger partial charge in [-0.15, -0.1) is 11.4 Å². The molecule has 0 bridgehead atoms. The van der Waals surface area contributed by atoms with Gasteiger partial charge >= 0.3 is 0 Å². The van der Waals surface area contributed by atoms with E-state index in [2.05, 4.69) is 22.4 Å². The Morgan fingerprint density at radius 3 is 2.67 bits per heavy atom. The largest absolute Gasteiger partial charge is 0.126 e. The van der Waals surface area contributed by atoms with Gasteiger partial charge in [0.25, 0.3) is 0 Å². The number of rotatable bonds is 3. The predicted octanol–water partition coefficient (Wildman–Crippen LogP) is 3.03. The fourth-order valence-electron chi connectivity index (χ4n) is 0.141. The van der Waals surface area contributed by atoms with Gasteiger partial charge in [-0.05, 0) is 12.2 Å². The molecule has 0 aromatic carbocycles. The van der Waals surface area contributed by atoms with Crippen molar-refractivity contribution in [1.29, 1.82) is 0 Å². The van der Waals surface area contributed by atoms with E-state index in [0.29, 0.717) is 0 Å². The minimum absolute atomic E-state index is 0.894. The standard InChI is InChI=1S/C3H8BrPS/c1-2-3-6-5-4/h5H,2-3H2,1H3. The monoisotopic (exact) mass is 186 g/mol. The van der Waals surface area contributed by atoms with Crippen molar-refractivity contribution in [3.05, 3.63) is 0 Å². The lowest BCUT2D eigenvalue weighted by molar-refractivity contribution is 1.11. The normalized spacial score (nSPS) is 11.0. The number of hydrogen-bond donors (Lipinski definition) is 0.